The smallest absolute Gasteiger partial charge is 0.321 e. The Hall–Kier alpha value is -4.81. The third-order valence-corrected chi connectivity index (χ3v) is 6.98. The molecule has 0 saturated heterocycles. The van der Waals surface area contributed by atoms with E-state index in [0.717, 1.165) is 28.8 Å². The number of carbonyl (C=O) groups is 2. The molecule has 6 nitrogen and oxygen atoms in total. The standard InChI is InChI=1S/C32H27F7N4O2/c1-17(2)20-9-11-21(12-10-20)27-16-25(24-14-18(3)8-13-26(24)41-27)28(44)43-42-19(4)22-6-5-7-23(15-22)40-29(45)30(33,34)31(35,36)32(37,38)39/h5-17H,1-4H3,(H,40,45)(H,43,44). The first kappa shape index (κ1) is 33.1. The highest BCUT2D eigenvalue weighted by atomic mass is 19.4. The first-order valence-corrected chi connectivity index (χ1v) is 13.5. The van der Waals surface area contributed by atoms with E-state index in [1.165, 1.54) is 24.4 Å². The second-order valence-electron chi connectivity index (χ2n) is 10.7. The molecule has 4 rings (SSSR count). The van der Waals surface area contributed by atoms with E-state index in [1.807, 2.05) is 37.3 Å². The summed E-state index contributed by atoms with van der Waals surface area (Å²) in [7, 11) is 0. The van der Waals surface area contributed by atoms with Gasteiger partial charge < -0.3 is 5.32 Å². The number of pyridine rings is 1. The van der Waals surface area contributed by atoms with E-state index in [0.29, 0.717) is 22.5 Å². The van der Waals surface area contributed by atoms with Gasteiger partial charge in [0.15, 0.2) is 0 Å². The maximum Gasteiger partial charge on any atom is 0.460 e. The third-order valence-electron chi connectivity index (χ3n) is 6.98. The quantitative estimate of drug-likeness (QED) is 0.117. The summed E-state index contributed by atoms with van der Waals surface area (Å²) in [6, 6.07) is 19.5. The van der Waals surface area contributed by atoms with Crippen molar-refractivity contribution in [3.8, 4) is 11.3 Å². The summed E-state index contributed by atoms with van der Waals surface area (Å²) < 4.78 is 91.5. The zero-order valence-corrected chi connectivity index (χ0v) is 24.4. The number of nitrogens with one attached hydrogen (secondary N) is 2. The van der Waals surface area contributed by atoms with Gasteiger partial charge in [-0.2, -0.15) is 35.8 Å². The first-order chi connectivity index (χ1) is 20.9. The molecule has 0 aliphatic carbocycles. The molecule has 1 heterocycles. The van der Waals surface area contributed by atoms with Gasteiger partial charge in [-0.05, 0) is 61.2 Å². The summed E-state index contributed by atoms with van der Waals surface area (Å²) in [6.07, 6.45) is -6.66. The zero-order chi connectivity index (χ0) is 33.3. The SMILES string of the molecule is CC(=NNC(=O)c1cc(-c2ccc(C(C)C)cc2)nc2ccc(C)cc12)c1cccc(NC(=O)C(F)(F)C(F)(F)C(F)(F)F)c1. The summed E-state index contributed by atoms with van der Waals surface area (Å²) in [5, 5.41) is 5.99. The number of hydrogen-bond acceptors (Lipinski definition) is 4. The van der Waals surface area contributed by atoms with Crippen LogP contribution in [0.15, 0.2) is 77.9 Å². The Morgan fingerprint density at radius 1 is 0.867 bits per heavy atom. The van der Waals surface area contributed by atoms with Crippen LogP contribution in [0.25, 0.3) is 22.2 Å². The van der Waals surface area contributed by atoms with Crippen molar-refractivity contribution in [2.75, 3.05) is 5.32 Å². The van der Waals surface area contributed by atoms with Crippen LogP contribution in [0.2, 0.25) is 0 Å². The molecular weight excluding hydrogens is 605 g/mol. The number of anilines is 1. The zero-order valence-electron chi connectivity index (χ0n) is 24.4. The van der Waals surface area contributed by atoms with E-state index >= 15 is 0 Å². The molecule has 2 amide bonds. The predicted octanol–water partition coefficient (Wildman–Crippen LogP) is 8.26. The lowest BCUT2D eigenvalue weighted by Crippen LogP contribution is -2.57. The van der Waals surface area contributed by atoms with Crippen LogP contribution < -0.4 is 10.7 Å². The van der Waals surface area contributed by atoms with Gasteiger partial charge in [0.2, 0.25) is 0 Å². The number of amides is 2. The first-order valence-electron chi connectivity index (χ1n) is 13.5. The molecule has 2 N–H and O–H groups in total. The van der Waals surface area contributed by atoms with Crippen molar-refractivity contribution in [1.29, 1.82) is 0 Å². The fourth-order valence-corrected chi connectivity index (χ4v) is 4.33. The van der Waals surface area contributed by atoms with Crippen LogP contribution in [0.3, 0.4) is 0 Å². The Labute approximate surface area is 253 Å². The summed E-state index contributed by atoms with van der Waals surface area (Å²) in [6.45, 7) is 7.42. The molecule has 0 spiro atoms. The Morgan fingerprint density at radius 2 is 1.53 bits per heavy atom. The molecule has 0 radical (unpaired) electrons. The van der Waals surface area contributed by atoms with Gasteiger partial charge in [0.1, 0.15) is 0 Å². The van der Waals surface area contributed by atoms with Crippen molar-refractivity contribution in [2.24, 2.45) is 5.10 Å². The molecule has 0 atom stereocenters. The minimum atomic E-state index is -6.66. The van der Waals surface area contributed by atoms with Crippen LogP contribution >= 0.6 is 0 Å². The molecule has 45 heavy (non-hydrogen) atoms. The van der Waals surface area contributed by atoms with Crippen LogP contribution in [0.5, 0.6) is 0 Å². The largest absolute Gasteiger partial charge is 0.460 e. The molecule has 0 aliphatic rings. The van der Waals surface area contributed by atoms with Crippen molar-refractivity contribution in [1.82, 2.24) is 10.4 Å². The number of halogens is 7. The number of alkyl halides is 7. The molecule has 0 unspecified atom stereocenters. The predicted molar refractivity (Wildman–Crippen MR) is 157 cm³/mol. The van der Waals surface area contributed by atoms with E-state index < -0.39 is 35.5 Å². The summed E-state index contributed by atoms with van der Waals surface area (Å²) in [5.74, 6) is -15.8. The highest BCUT2D eigenvalue weighted by Gasteiger charge is 2.76. The number of hydrazone groups is 1. The van der Waals surface area contributed by atoms with Gasteiger partial charge in [-0.25, -0.2) is 10.4 Å². The second kappa shape index (κ2) is 12.3. The second-order valence-corrected chi connectivity index (χ2v) is 10.7. The van der Waals surface area contributed by atoms with Crippen LogP contribution in [0.1, 0.15) is 53.7 Å². The monoisotopic (exact) mass is 632 g/mol. The molecule has 0 aliphatic heterocycles. The number of rotatable bonds is 8. The minimum Gasteiger partial charge on any atom is -0.321 e. The molecule has 0 fully saturated rings. The highest BCUT2D eigenvalue weighted by Crippen LogP contribution is 2.47. The lowest BCUT2D eigenvalue weighted by atomic mass is 9.99. The van der Waals surface area contributed by atoms with E-state index in [9.17, 15) is 40.3 Å². The number of fused-ring (bicyclic) bond motifs is 1. The van der Waals surface area contributed by atoms with Crippen molar-refractivity contribution in [3.63, 3.8) is 0 Å². The van der Waals surface area contributed by atoms with Gasteiger partial charge in [0.05, 0.1) is 22.5 Å². The maximum atomic E-state index is 13.8. The van der Waals surface area contributed by atoms with Crippen molar-refractivity contribution >= 4 is 34.1 Å². The van der Waals surface area contributed by atoms with Gasteiger partial charge in [0.25, 0.3) is 5.91 Å². The molecule has 4 aromatic rings. The van der Waals surface area contributed by atoms with Crippen LogP contribution in [-0.2, 0) is 4.79 Å². The number of aromatic nitrogens is 1. The molecule has 0 bridgehead atoms. The van der Waals surface area contributed by atoms with Crippen molar-refractivity contribution in [3.05, 3.63) is 95.1 Å². The number of hydrogen-bond donors (Lipinski definition) is 2. The Bertz CT molecular complexity index is 1780. The minimum absolute atomic E-state index is 0.103. The summed E-state index contributed by atoms with van der Waals surface area (Å²) >= 11 is 0. The number of benzene rings is 3. The van der Waals surface area contributed by atoms with Gasteiger partial charge >= 0.3 is 23.9 Å². The molecule has 236 valence electrons. The Kier molecular flexibility index (Phi) is 9.04. The maximum absolute atomic E-state index is 13.8. The molecule has 1 aromatic heterocycles. The van der Waals surface area contributed by atoms with Gasteiger partial charge in [-0.3, -0.25) is 9.59 Å². The highest BCUT2D eigenvalue weighted by molar-refractivity contribution is 6.08. The van der Waals surface area contributed by atoms with Gasteiger partial charge in [-0.1, -0.05) is 61.9 Å². The fraction of sp³-hybridized carbons (Fsp3) is 0.250. The van der Waals surface area contributed by atoms with E-state index in [4.69, 9.17) is 4.98 Å². The Balaban J connectivity index is 1.59. The molecule has 13 heteroatoms. The fourth-order valence-electron chi connectivity index (χ4n) is 4.33. The van der Waals surface area contributed by atoms with Gasteiger partial charge in [-0.15, -0.1) is 0 Å². The molecule has 3 aromatic carbocycles. The van der Waals surface area contributed by atoms with Crippen LogP contribution in [-0.4, -0.2) is 40.5 Å². The average Bonchev–Trinajstić information content (AvgIpc) is 2.98. The van der Waals surface area contributed by atoms with Crippen LogP contribution in [0.4, 0.5) is 36.4 Å². The summed E-state index contributed by atoms with van der Waals surface area (Å²) in [5.41, 5.74) is 6.33. The number of nitrogens with zero attached hydrogens (tertiary/aromatic N) is 2. The molecule has 0 saturated carbocycles. The topological polar surface area (TPSA) is 83.4 Å². The van der Waals surface area contributed by atoms with Crippen LogP contribution in [0, 0.1) is 6.92 Å². The van der Waals surface area contributed by atoms with Crippen molar-refractivity contribution < 1.29 is 40.3 Å². The van der Waals surface area contributed by atoms with E-state index in [-0.39, 0.29) is 16.8 Å². The Morgan fingerprint density at radius 3 is 2.16 bits per heavy atom. The average molecular weight is 633 g/mol. The lowest BCUT2D eigenvalue weighted by molar-refractivity contribution is -0.343. The third kappa shape index (κ3) is 6.81. The van der Waals surface area contributed by atoms with E-state index in [1.54, 1.807) is 18.2 Å². The van der Waals surface area contributed by atoms with Crippen molar-refractivity contribution in [2.45, 2.75) is 51.6 Å². The molecular formula is C32H27F7N4O2. The van der Waals surface area contributed by atoms with Gasteiger partial charge in [0, 0.05) is 16.6 Å². The normalized spacial score (nSPS) is 12.8. The summed E-state index contributed by atoms with van der Waals surface area (Å²) in [4.78, 5) is 29.8. The van der Waals surface area contributed by atoms with E-state index in [2.05, 4.69) is 24.4 Å². The number of carbonyl (C=O) groups excluding carboxylic acids is 2. The lowest BCUT2D eigenvalue weighted by Gasteiger charge is -2.27. The number of aryl methyl sites for hydroxylation is 1.